The Hall–Kier alpha value is -2.30. The Balaban J connectivity index is 1.96. The molecule has 1 heterocycles. The van der Waals surface area contributed by atoms with E-state index in [2.05, 4.69) is 10.4 Å². The van der Waals surface area contributed by atoms with Crippen molar-refractivity contribution in [2.75, 3.05) is 11.9 Å². The van der Waals surface area contributed by atoms with Crippen LogP contribution in [-0.2, 0) is 17.8 Å². The zero-order valence-corrected chi connectivity index (χ0v) is 12.7. The Morgan fingerprint density at radius 1 is 1.29 bits per heavy atom. The monoisotopic (exact) mass is 287 g/mol. The van der Waals surface area contributed by atoms with Crippen molar-refractivity contribution in [3.63, 3.8) is 0 Å². The number of hydrogen-bond donors (Lipinski definition) is 1. The minimum absolute atomic E-state index is 0.0436. The number of rotatable bonds is 6. The summed E-state index contributed by atoms with van der Waals surface area (Å²) < 4.78 is 7.23. The van der Waals surface area contributed by atoms with Gasteiger partial charge in [0, 0.05) is 6.54 Å². The summed E-state index contributed by atoms with van der Waals surface area (Å²) >= 11 is 0. The average molecular weight is 287 g/mol. The maximum Gasteiger partial charge on any atom is 0.228 e. The Kier molecular flexibility index (Phi) is 4.98. The van der Waals surface area contributed by atoms with Crippen LogP contribution in [0, 0.1) is 6.92 Å². The number of hydrogen-bond acceptors (Lipinski definition) is 3. The van der Waals surface area contributed by atoms with Crippen LogP contribution >= 0.6 is 0 Å². The van der Waals surface area contributed by atoms with Crippen LogP contribution in [0.4, 0.5) is 5.69 Å². The van der Waals surface area contributed by atoms with Gasteiger partial charge in [0.05, 0.1) is 30.6 Å². The highest BCUT2D eigenvalue weighted by atomic mass is 16.5. The predicted molar refractivity (Wildman–Crippen MR) is 82.6 cm³/mol. The van der Waals surface area contributed by atoms with E-state index in [9.17, 15) is 4.79 Å². The fourth-order valence-corrected chi connectivity index (χ4v) is 2.14. The molecule has 1 amide bonds. The molecule has 21 heavy (non-hydrogen) atoms. The van der Waals surface area contributed by atoms with Gasteiger partial charge >= 0.3 is 0 Å². The second-order valence-corrected chi connectivity index (χ2v) is 4.76. The molecule has 112 valence electrons. The first-order valence-electron chi connectivity index (χ1n) is 7.18. The smallest absolute Gasteiger partial charge is 0.228 e. The minimum Gasteiger partial charge on any atom is -0.494 e. The van der Waals surface area contributed by atoms with E-state index in [1.54, 1.807) is 6.20 Å². The zero-order chi connectivity index (χ0) is 15.2. The Labute approximate surface area is 124 Å². The molecular weight excluding hydrogens is 266 g/mol. The van der Waals surface area contributed by atoms with Gasteiger partial charge in [0.25, 0.3) is 0 Å². The third kappa shape index (κ3) is 3.84. The predicted octanol–water partition coefficient (Wildman–Crippen LogP) is 2.79. The molecule has 0 atom stereocenters. The molecule has 0 spiro atoms. The lowest BCUT2D eigenvalue weighted by Crippen LogP contribution is -2.15. The molecule has 2 aromatic rings. The SMILES string of the molecule is CCOc1ccc(CC(=O)Nc2cnn(CC)c2C)cc1. The second kappa shape index (κ2) is 6.92. The number of amides is 1. The highest BCUT2D eigenvalue weighted by Crippen LogP contribution is 2.15. The van der Waals surface area contributed by atoms with Crippen molar-refractivity contribution in [1.29, 1.82) is 0 Å². The fraction of sp³-hybridized carbons (Fsp3) is 0.375. The molecule has 0 unspecified atom stereocenters. The van der Waals surface area contributed by atoms with Crippen LogP contribution < -0.4 is 10.1 Å². The topological polar surface area (TPSA) is 56.1 Å². The van der Waals surface area contributed by atoms with E-state index in [-0.39, 0.29) is 5.91 Å². The summed E-state index contributed by atoms with van der Waals surface area (Å²) in [5, 5.41) is 7.11. The summed E-state index contributed by atoms with van der Waals surface area (Å²) in [7, 11) is 0. The Bertz CT molecular complexity index is 602. The number of aromatic nitrogens is 2. The van der Waals surface area contributed by atoms with E-state index in [0.717, 1.165) is 29.2 Å². The number of carbonyl (C=O) groups excluding carboxylic acids is 1. The van der Waals surface area contributed by atoms with Gasteiger partial charge in [-0.25, -0.2) is 0 Å². The van der Waals surface area contributed by atoms with E-state index < -0.39 is 0 Å². The van der Waals surface area contributed by atoms with Crippen molar-refractivity contribution in [1.82, 2.24) is 9.78 Å². The first kappa shape index (κ1) is 15.1. The summed E-state index contributed by atoms with van der Waals surface area (Å²) in [6.07, 6.45) is 2.03. The first-order valence-corrected chi connectivity index (χ1v) is 7.18. The summed E-state index contributed by atoms with van der Waals surface area (Å²) in [5.74, 6) is 0.777. The molecule has 0 fully saturated rings. The Morgan fingerprint density at radius 3 is 2.57 bits per heavy atom. The van der Waals surface area contributed by atoms with Gasteiger partial charge in [-0.1, -0.05) is 12.1 Å². The van der Waals surface area contributed by atoms with Crippen molar-refractivity contribution >= 4 is 11.6 Å². The molecule has 2 rings (SSSR count). The third-order valence-corrected chi connectivity index (χ3v) is 3.28. The number of ether oxygens (including phenoxy) is 1. The largest absolute Gasteiger partial charge is 0.494 e. The van der Waals surface area contributed by atoms with Crippen LogP contribution in [0.2, 0.25) is 0 Å². The van der Waals surface area contributed by atoms with E-state index in [1.165, 1.54) is 0 Å². The normalized spacial score (nSPS) is 10.4. The summed E-state index contributed by atoms with van der Waals surface area (Å²) in [6.45, 7) is 7.34. The molecule has 1 aromatic carbocycles. The summed E-state index contributed by atoms with van der Waals surface area (Å²) in [5.41, 5.74) is 2.70. The van der Waals surface area contributed by atoms with Gasteiger partial charge in [0.1, 0.15) is 5.75 Å². The second-order valence-electron chi connectivity index (χ2n) is 4.76. The van der Waals surface area contributed by atoms with Crippen LogP contribution in [0.25, 0.3) is 0 Å². The maximum absolute atomic E-state index is 12.1. The molecule has 1 N–H and O–H groups in total. The van der Waals surface area contributed by atoms with E-state index >= 15 is 0 Å². The van der Waals surface area contributed by atoms with E-state index in [1.807, 2.05) is 49.7 Å². The number of nitrogens with one attached hydrogen (secondary N) is 1. The van der Waals surface area contributed by atoms with Crippen LogP contribution in [0.15, 0.2) is 30.5 Å². The van der Waals surface area contributed by atoms with E-state index in [0.29, 0.717) is 13.0 Å². The molecule has 0 bridgehead atoms. The van der Waals surface area contributed by atoms with Crippen molar-refractivity contribution in [3.8, 4) is 5.75 Å². The lowest BCUT2D eigenvalue weighted by Gasteiger charge is -2.07. The number of aryl methyl sites for hydroxylation is 1. The third-order valence-electron chi connectivity index (χ3n) is 3.28. The molecule has 0 aliphatic heterocycles. The van der Waals surface area contributed by atoms with Gasteiger partial charge in [-0.3, -0.25) is 9.48 Å². The van der Waals surface area contributed by atoms with Crippen molar-refractivity contribution in [2.45, 2.75) is 33.7 Å². The zero-order valence-electron chi connectivity index (χ0n) is 12.7. The number of benzene rings is 1. The lowest BCUT2D eigenvalue weighted by atomic mass is 10.1. The molecule has 0 saturated carbocycles. The van der Waals surface area contributed by atoms with Crippen LogP contribution in [-0.4, -0.2) is 22.3 Å². The summed E-state index contributed by atoms with van der Waals surface area (Å²) in [6, 6.07) is 7.58. The molecule has 0 aliphatic rings. The van der Waals surface area contributed by atoms with Gasteiger partial charge in [0.15, 0.2) is 0 Å². The van der Waals surface area contributed by atoms with Gasteiger partial charge < -0.3 is 10.1 Å². The van der Waals surface area contributed by atoms with Gasteiger partial charge in [-0.15, -0.1) is 0 Å². The summed E-state index contributed by atoms with van der Waals surface area (Å²) in [4.78, 5) is 12.1. The molecule has 5 nitrogen and oxygen atoms in total. The van der Waals surface area contributed by atoms with Gasteiger partial charge in [-0.05, 0) is 38.5 Å². The number of carbonyl (C=O) groups is 1. The van der Waals surface area contributed by atoms with Crippen molar-refractivity contribution < 1.29 is 9.53 Å². The number of nitrogens with zero attached hydrogens (tertiary/aromatic N) is 2. The average Bonchev–Trinajstić information content (AvgIpc) is 2.82. The molecule has 0 aliphatic carbocycles. The standard InChI is InChI=1S/C16H21N3O2/c1-4-19-12(3)15(11-17-19)18-16(20)10-13-6-8-14(9-7-13)21-5-2/h6-9,11H,4-5,10H2,1-3H3,(H,18,20). The minimum atomic E-state index is -0.0436. The Morgan fingerprint density at radius 2 is 2.00 bits per heavy atom. The molecule has 5 heteroatoms. The van der Waals surface area contributed by atoms with Crippen molar-refractivity contribution in [3.05, 3.63) is 41.7 Å². The molecular formula is C16H21N3O2. The molecule has 1 aromatic heterocycles. The van der Waals surface area contributed by atoms with Crippen LogP contribution in [0.3, 0.4) is 0 Å². The van der Waals surface area contributed by atoms with Crippen LogP contribution in [0.5, 0.6) is 5.75 Å². The highest BCUT2D eigenvalue weighted by Gasteiger charge is 2.09. The van der Waals surface area contributed by atoms with E-state index in [4.69, 9.17) is 4.74 Å². The van der Waals surface area contributed by atoms with Gasteiger partial charge in [0.2, 0.25) is 5.91 Å². The lowest BCUT2D eigenvalue weighted by molar-refractivity contribution is -0.115. The van der Waals surface area contributed by atoms with Gasteiger partial charge in [-0.2, -0.15) is 5.10 Å². The fourth-order valence-electron chi connectivity index (χ4n) is 2.14. The molecule has 0 radical (unpaired) electrons. The first-order chi connectivity index (χ1) is 10.1. The maximum atomic E-state index is 12.1. The highest BCUT2D eigenvalue weighted by molar-refractivity contribution is 5.92. The quantitative estimate of drug-likeness (QED) is 0.889. The van der Waals surface area contributed by atoms with Crippen LogP contribution in [0.1, 0.15) is 25.1 Å². The van der Waals surface area contributed by atoms with Crippen molar-refractivity contribution in [2.24, 2.45) is 0 Å². The molecule has 0 saturated heterocycles. The number of anilines is 1.